The van der Waals surface area contributed by atoms with Crippen LogP contribution in [0, 0.1) is 6.92 Å². The first-order chi connectivity index (χ1) is 11.2. The zero-order chi connectivity index (χ0) is 16.0. The van der Waals surface area contributed by atoms with Gasteiger partial charge in [0.15, 0.2) is 0 Å². The van der Waals surface area contributed by atoms with Crippen molar-refractivity contribution in [1.29, 1.82) is 0 Å². The molecule has 1 aliphatic rings. The molecule has 0 radical (unpaired) electrons. The van der Waals surface area contributed by atoms with Gasteiger partial charge in [-0.15, -0.1) is 10.2 Å². The van der Waals surface area contributed by atoms with E-state index in [4.69, 9.17) is 5.84 Å². The number of aryl methyl sites for hydroxylation is 1. The standard InChI is InChI=1S/C17H14N4OS/c1-10-16(22)21(18)17(20-19-10)23-15-13-8-4-2-6-11(13)12-7-3-5-9-14(12)15/h2-9,15H,18H2,1H3. The van der Waals surface area contributed by atoms with Gasteiger partial charge in [0.2, 0.25) is 5.16 Å². The van der Waals surface area contributed by atoms with E-state index in [2.05, 4.69) is 34.5 Å². The van der Waals surface area contributed by atoms with Crippen molar-refractivity contribution in [2.45, 2.75) is 17.3 Å². The summed E-state index contributed by atoms with van der Waals surface area (Å²) >= 11 is 1.45. The Labute approximate surface area is 137 Å². The van der Waals surface area contributed by atoms with Crippen LogP contribution in [-0.2, 0) is 0 Å². The molecular weight excluding hydrogens is 308 g/mol. The van der Waals surface area contributed by atoms with Crippen molar-refractivity contribution < 1.29 is 0 Å². The van der Waals surface area contributed by atoms with Crippen LogP contribution < -0.4 is 11.4 Å². The smallest absolute Gasteiger partial charge is 0.294 e. The van der Waals surface area contributed by atoms with Crippen LogP contribution in [0.15, 0.2) is 58.5 Å². The fourth-order valence-electron chi connectivity index (χ4n) is 2.89. The van der Waals surface area contributed by atoms with Gasteiger partial charge in [-0.1, -0.05) is 60.3 Å². The molecule has 0 aliphatic heterocycles. The summed E-state index contributed by atoms with van der Waals surface area (Å²) in [6, 6.07) is 16.6. The van der Waals surface area contributed by atoms with Crippen LogP contribution in [0.5, 0.6) is 0 Å². The molecule has 1 aliphatic carbocycles. The van der Waals surface area contributed by atoms with Gasteiger partial charge in [0, 0.05) is 0 Å². The van der Waals surface area contributed by atoms with Gasteiger partial charge in [0.05, 0.1) is 5.25 Å². The van der Waals surface area contributed by atoms with Crippen molar-refractivity contribution in [1.82, 2.24) is 14.9 Å². The lowest BCUT2D eigenvalue weighted by atomic mass is 10.1. The SMILES string of the molecule is Cc1nnc(SC2c3ccccc3-c3ccccc32)n(N)c1=O. The van der Waals surface area contributed by atoms with Crippen LogP contribution >= 0.6 is 11.8 Å². The van der Waals surface area contributed by atoms with Crippen molar-refractivity contribution >= 4 is 11.8 Å². The number of rotatable bonds is 2. The molecule has 0 saturated heterocycles. The van der Waals surface area contributed by atoms with E-state index >= 15 is 0 Å². The molecule has 3 aromatic rings. The molecule has 0 amide bonds. The van der Waals surface area contributed by atoms with Gasteiger partial charge >= 0.3 is 0 Å². The van der Waals surface area contributed by atoms with Crippen molar-refractivity contribution in [3.05, 3.63) is 75.7 Å². The molecule has 0 spiro atoms. The van der Waals surface area contributed by atoms with Crippen molar-refractivity contribution in [2.75, 3.05) is 5.84 Å². The number of hydrogen-bond donors (Lipinski definition) is 1. The van der Waals surface area contributed by atoms with Crippen LogP contribution in [-0.4, -0.2) is 14.9 Å². The highest BCUT2D eigenvalue weighted by Crippen LogP contribution is 2.51. The second kappa shape index (κ2) is 5.24. The molecule has 23 heavy (non-hydrogen) atoms. The van der Waals surface area contributed by atoms with E-state index in [-0.39, 0.29) is 10.8 Å². The predicted molar refractivity (Wildman–Crippen MR) is 90.8 cm³/mol. The second-order valence-electron chi connectivity index (χ2n) is 5.42. The fraction of sp³-hybridized carbons (Fsp3) is 0.118. The summed E-state index contributed by atoms with van der Waals surface area (Å²) < 4.78 is 1.08. The quantitative estimate of drug-likeness (QED) is 0.734. The number of fused-ring (bicyclic) bond motifs is 3. The van der Waals surface area contributed by atoms with Gasteiger partial charge < -0.3 is 5.84 Å². The highest BCUT2D eigenvalue weighted by molar-refractivity contribution is 7.99. The molecule has 0 bridgehead atoms. The first-order valence-corrected chi connectivity index (χ1v) is 8.11. The molecule has 2 N–H and O–H groups in total. The Balaban J connectivity index is 1.84. The largest absolute Gasteiger partial charge is 0.334 e. The number of benzene rings is 2. The van der Waals surface area contributed by atoms with Crippen molar-refractivity contribution in [3.63, 3.8) is 0 Å². The molecule has 0 unspecified atom stereocenters. The Bertz CT molecular complexity index is 921. The van der Waals surface area contributed by atoms with Crippen LogP contribution in [0.3, 0.4) is 0 Å². The molecule has 0 saturated carbocycles. The van der Waals surface area contributed by atoms with Gasteiger partial charge in [0.25, 0.3) is 5.56 Å². The Hall–Kier alpha value is -2.60. The number of thioether (sulfide) groups is 1. The average Bonchev–Trinajstić information content (AvgIpc) is 2.90. The topological polar surface area (TPSA) is 73.8 Å². The summed E-state index contributed by atoms with van der Waals surface area (Å²) in [6.07, 6.45) is 0. The van der Waals surface area contributed by atoms with E-state index < -0.39 is 0 Å². The third kappa shape index (κ3) is 2.14. The summed E-state index contributed by atoms with van der Waals surface area (Å²) in [5, 5.41) is 8.47. The zero-order valence-electron chi connectivity index (χ0n) is 12.4. The summed E-state index contributed by atoms with van der Waals surface area (Å²) in [4.78, 5) is 12.0. The Morgan fingerprint density at radius 3 is 2.17 bits per heavy atom. The lowest BCUT2D eigenvalue weighted by molar-refractivity contribution is 0.680. The van der Waals surface area contributed by atoms with E-state index in [1.165, 1.54) is 34.0 Å². The minimum absolute atomic E-state index is 0.0496. The third-order valence-corrected chi connectivity index (χ3v) is 5.25. The molecule has 114 valence electrons. The minimum Gasteiger partial charge on any atom is -0.334 e. The van der Waals surface area contributed by atoms with Crippen LogP contribution in [0.25, 0.3) is 11.1 Å². The van der Waals surface area contributed by atoms with Crippen molar-refractivity contribution in [2.24, 2.45) is 0 Å². The van der Waals surface area contributed by atoms with Gasteiger partial charge in [-0.05, 0) is 29.2 Å². The Kier molecular flexibility index (Phi) is 3.20. The molecule has 1 aromatic heterocycles. The maximum atomic E-state index is 12.0. The predicted octanol–water partition coefficient (Wildman–Crippen LogP) is 2.52. The zero-order valence-corrected chi connectivity index (χ0v) is 13.2. The van der Waals surface area contributed by atoms with E-state index in [0.717, 1.165) is 4.68 Å². The van der Waals surface area contributed by atoms with E-state index in [1.54, 1.807) is 6.92 Å². The molecule has 0 fully saturated rings. The number of nitrogens with two attached hydrogens (primary N) is 1. The Morgan fingerprint density at radius 1 is 1.00 bits per heavy atom. The molecule has 5 nitrogen and oxygen atoms in total. The number of nitrogens with zero attached hydrogens (tertiary/aromatic N) is 3. The second-order valence-corrected chi connectivity index (χ2v) is 6.49. The van der Waals surface area contributed by atoms with E-state index in [1.807, 2.05) is 24.3 Å². The normalized spacial score (nSPS) is 12.9. The van der Waals surface area contributed by atoms with Crippen LogP contribution in [0.2, 0.25) is 0 Å². The lowest BCUT2D eigenvalue weighted by Gasteiger charge is -2.14. The third-order valence-electron chi connectivity index (χ3n) is 4.02. The van der Waals surface area contributed by atoms with Gasteiger partial charge in [-0.3, -0.25) is 4.79 Å². The maximum absolute atomic E-state index is 12.0. The van der Waals surface area contributed by atoms with Crippen molar-refractivity contribution in [3.8, 4) is 11.1 Å². The highest BCUT2D eigenvalue weighted by Gasteiger charge is 2.30. The molecule has 2 aromatic carbocycles. The van der Waals surface area contributed by atoms with Gasteiger partial charge in [-0.2, -0.15) is 4.68 Å². The average molecular weight is 322 g/mol. The lowest BCUT2D eigenvalue weighted by Crippen LogP contribution is -2.32. The van der Waals surface area contributed by atoms with Gasteiger partial charge in [-0.25, -0.2) is 0 Å². The molecule has 0 atom stereocenters. The van der Waals surface area contributed by atoms with Gasteiger partial charge in [0.1, 0.15) is 5.69 Å². The number of nitrogen functional groups attached to an aromatic ring is 1. The Morgan fingerprint density at radius 2 is 1.57 bits per heavy atom. The highest BCUT2D eigenvalue weighted by atomic mass is 32.2. The molecular formula is C17H14N4OS. The summed E-state index contributed by atoms with van der Waals surface area (Å²) in [5.41, 5.74) is 4.81. The van der Waals surface area contributed by atoms with Crippen LogP contribution in [0.4, 0.5) is 0 Å². The maximum Gasteiger partial charge on any atom is 0.294 e. The monoisotopic (exact) mass is 322 g/mol. The summed E-state index contributed by atoms with van der Waals surface area (Å²) in [7, 11) is 0. The van der Waals surface area contributed by atoms with Crippen LogP contribution in [0.1, 0.15) is 22.1 Å². The molecule has 1 heterocycles. The number of aromatic nitrogens is 3. The summed E-state index contributed by atoms with van der Waals surface area (Å²) in [5.74, 6) is 5.88. The molecule has 4 rings (SSSR count). The number of hydrogen-bond acceptors (Lipinski definition) is 5. The first kappa shape index (κ1) is 14.0. The van der Waals surface area contributed by atoms with E-state index in [0.29, 0.717) is 10.9 Å². The minimum atomic E-state index is -0.318. The summed E-state index contributed by atoms with van der Waals surface area (Å²) in [6.45, 7) is 1.60. The fourth-order valence-corrected chi connectivity index (χ4v) is 4.05. The first-order valence-electron chi connectivity index (χ1n) is 7.23. The molecule has 6 heteroatoms. The van der Waals surface area contributed by atoms with E-state index in [9.17, 15) is 4.79 Å².